The highest BCUT2D eigenvalue weighted by Crippen LogP contribution is 2.18. The van der Waals surface area contributed by atoms with Crippen molar-refractivity contribution < 1.29 is 0 Å². The van der Waals surface area contributed by atoms with Gasteiger partial charge in [0.15, 0.2) is 0 Å². The summed E-state index contributed by atoms with van der Waals surface area (Å²) in [5.41, 5.74) is 0. The molecule has 0 fully saturated rings. The van der Waals surface area contributed by atoms with Crippen molar-refractivity contribution >= 4 is 17.3 Å². The van der Waals surface area contributed by atoms with Crippen molar-refractivity contribution in [1.29, 1.82) is 0 Å². The largest absolute Gasteiger partial charge is 0.356 e. The van der Waals surface area contributed by atoms with E-state index >= 15 is 0 Å². The summed E-state index contributed by atoms with van der Waals surface area (Å²) in [6.07, 6.45) is 4.98. The van der Waals surface area contributed by atoms with Crippen molar-refractivity contribution in [3.05, 3.63) is 34.3 Å². The van der Waals surface area contributed by atoms with E-state index in [0.29, 0.717) is 0 Å². The molecule has 0 aliphatic carbocycles. The molecular formula is C12H17N3S. The van der Waals surface area contributed by atoms with Crippen molar-refractivity contribution in [3.63, 3.8) is 0 Å². The molecule has 86 valence electrons. The number of imidazole rings is 1. The summed E-state index contributed by atoms with van der Waals surface area (Å²) in [4.78, 5) is 7.04. The van der Waals surface area contributed by atoms with E-state index in [-0.39, 0.29) is 0 Å². The van der Waals surface area contributed by atoms with Crippen molar-refractivity contribution in [1.82, 2.24) is 9.55 Å². The van der Waals surface area contributed by atoms with Gasteiger partial charge in [0.1, 0.15) is 0 Å². The lowest BCUT2D eigenvalue weighted by Crippen LogP contribution is -2.08. The van der Waals surface area contributed by atoms with Gasteiger partial charge in [-0.3, -0.25) is 0 Å². The Morgan fingerprint density at radius 3 is 3.00 bits per heavy atom. The molecule has 4 heteroatoms. The zero-order valence-electron chi connectivity index (χ0n) is 9.73. The van der Waals surface area contributed by atoms with Crippen LogP contribution in [-0.4, -0.2) is 16.1 Å². The molecule has 0 aliphatic heterocycles. The molecule has 0 bridgehead atoms. The molecule has 2 aromatic rings. The van der Waals surface area contributed by atoms with Gasteiger partial charge < -0.3 is 9.88 Å². The van der Waals surface area contributed by atoms with Crippen LogP contribution < -0.4 is 5.32 Å². The van der Waals surface area contributed by atoms with Crippen molar-refractivity contribution in [3.8, 4) is 0 Å². The molecule has 0 saturated carbocycles. The number of hydrogen-bond acceptors (Lipinski definition) is 3. The molecule has 0 atom stereocenters. The fraction of sp³-hybridized carbons (Fsp3) is 0.417. The second-order valence-electron chi connectivity index (χ2n) is 3.82. The molecule has 0 aromatic carbocycles. The minimum Gasteiger partial charge on any atom is -0.356 e. The third-order valence-electron chi connectivity index (χ3n) is 2.37. The molecule has 16 heavy (non-hydrogen) atoms. The van der Waals surface area contributed by atoms with Gasteiger partial charge in [0, 0.05) is 28.7 Å². The van der Waals surface area contributed by atoms with Crippen molar-refractivity contribution in [2.24, 2.45) is 0 Å². The van der Waals surface area contributed by atoms with Gasteiger partial charge in [0.05, 0.1) is 6.54 Å². The fourth-order valence-corrected chi connectivity index (χ4v) is 2.47. The van der Waals surface area contributed by atoms with Crippen LogP contribution in [0.4, 0.5) is 5.95 Å². The summed E-state index contributed by atoms with van der Waals surface area (Å²) in [6.45, 7) is 6.17. The van der Waals surface area contributed by atoms with Crippen LogP contribution in [0.1, 0.15) is 23.1 Å². The lowest BCUT2D eigenvalue weighted by Gasteiger charge is -2.07. The van der Waals surface area contributed by atoms with Gasteiger partial charge >= 0.3 is 0 Å². The highest BCUT2D eigenvalue weighted by atomic mass is 32.1. The Kier molecular flexibility index (Phi) is 3.62. The first kappa shape index (κ1) is 11.2. The topological polar surface area (TPSA) is 29.9 Å². The van der Waals surface area contributed by atoms with E-state index in [4.69, 9.17) is 0 Å². The molecule has 0 amide bonds. The minimum absolute atomic E-state index is 0.907. The van der Waals surface area contributed by atoms with Crippen LogP contribution in [0.25, 0.3) is 0 Å². The summed E-state index contributed by atoms with van der Waals surface area (Å²) >= 11 is 1.84. The van der Waals surface area contributed by atoms with Gasteiger partial charge in [0.25, 0.3) is 0 Å². The Balaban J connectivity index is 2.06. The predicted molar refractivity (Wildman–Crippen MR) is 69.2 cm³/mol. The molecule has 0 saturated heterocycles. The molecule has 0 unspecified atom stereocenters. The first-order valence-corrected chi connectivity index (χ1v) is 6.41. The molecule has 1 N–H and O–H groups in total. The van der Waals surface area contributed by atoms with Crippen LogP contribution in [0, 0.1) is 6.92 Å². The second kappa shape index (κ2) is 5.16. The lowest BCUT2D eigenvalue weighted by atomic mass is 10.4. The van der Waals surface area contributed by atoms with Crippen LogP contribution in [0.5, 0.6) is 0 Å². The lowest BCUT2D eigenvalue weighted by molar-refractivity contribution is 0.804. The fourth-order valence-electron chi connectivity index (χ4n) is 1.58. The van der Waals surface area contributed by atoms with E-state index in [1.807, 2.05) is 23.7 Å². The molecule has 2 aromatic heterocycles. The number of nitrogens with one attached hydrogen (secondary N) is 1. The van der Waals surface area contributed by atoms with E-state index in [0.717, 1.165) is 25.5 Å². The first-order chi connectivity index (χ1) is 7.79. The highest BCUT2D eigenvalue weighted by molar-refractivity contribution is 7.11. The Labute approximate surface area is 100 Å². The van der Waals surface area contributed by atoms with Crippen molar-refractivity contribution in [2.45, 2.75) is 26.8 Å². The monoisotopic (exact) mass is 235 g/mol. The quantitative estimate of drug-likeness (QED) is 0.863. The molecule has 2 heterocycles. The summed E-state index contributed by atoms with van der Waals surface area (Å²) < 4.78 is 2.15. The maximum absolute atomic E-state index is 4.31. The van der Waals surface area contributed by atoms with Gasteiger partial charge in [-0.25, -0.2) is 4.98 Å². The average molecular weight is 235 g/mol. The Bertz CT molecular complexity index is 445. The molecule has 0 aliphatic rings. The van der Waals surface area contributed by atoms with E-state index in [1.165, 1.54) is 9.75 Å². The van der Waals surface area contributed by atoms with Gasteiger partial charge in [-0.1, -0.05) is 6.92 Å². The van der Waals surface area contributed by atoms with Gasteiger partial charge in [-0.15, -0.1) is 11.3 Å². The Morgan fingerprint density at radius 2 is 2.31 bits per heavy atom. The van der Waals surface area contributed by atoms with Crippen LogP contribution in [0.15, 0.2) is 24.5 Å². The smallest absolute Gasteiger partial charge is 0.203 e. The number of hydrogen-bond donors (Lipinski definition) is 1. The van der Waals surface area contributed by atoms with Gasteiger partial charge in [0.2, 0.25) is 5.95 Å². The first-order valence-electron chi connectivity index (χ1n) is 5.60. The summed E-state index contributed by atoms with van der Waals surface area (Å²) in [6, 6.07) is 4.35. The van der Waals surface area contributed by atoms with Crippen LogP contribution >= 0.6 is 11.3 Å². The normalized spacial score (nSPS) is 10.6. The minimum atomic E-state index is 0.907. The molecule has 3 nitrogen and oxygen atoms in total. The van der Waals surface area contributed by atoms with E-state index in [9.17, 15) is 0 Å². The highest BCUT2D eigenvalue weighted by Gasteiger charge is 2.03. The predicted octanol–water partition coefficient (Wildman–Crippen LogP) is 3.12. The van der Waals surface area contributed by atoms with Crippen LogP contribution in [0.3, 0.4) is 0 Å². The maximum Gasteiger partial charge on any atom is 0.203 e. The standard InChI is InChI=1S/C12H17N3S/c1-3-6-13-12-14-7-8-15(12)9-11-5-4-10(2)16-11/h4-5,7-8H,3,6,9H2,1-2H3,(H,13,14). The van der Waals surface area contributed by atoms with Gasteiger partial charge in [-0.2, -0.15) is 0 Å². The number of aromatic nitrogens is 2. The summed E-state index contributed by atoms with van der Waals surface area (Å²) in [5.74, 6) is 0.966. The number of aryl methyl sites for hydroxylation is 1. The molecule has 0 radical (unpaired) electrons. The molecular weight excluding hydrogens is 218 g/mol. The van der Waals surface area contributed by atoms with Crippen molar-refractivity contribution in [2.75, 3.05) is 11.9 Å². The average Bonchev–Trinajstić information content (AvgIpc) is 2.86. The van der Waals surface area contributed by atoms with Crippen LogP contribution in [-0.2, 0) is 6.54 Å². The Hall–Kier alpha value is -1.29. The SMILES string of the molecule is CCCNc1nccn1Cc1ccc(C)s1. The number of anilines is 1. The number of nitrogens with zero attached hydrogens (tertiary/aromatic N) is 2. The van der Waals surface area contributed by atoms with Crippen LogP contribution in [0.2, 0.25) is 0 Å². The Morgan fingerprint density at radius 1 is 1.44 bits per heavy atom. The third kappa shape index (κ3) is 2.64. The number of thiophene rings is 1. The number of rotatable bonds is 5. The van der Waals surface area contributed by atoms with E-state index in [2.05, 4.69) is 40.8 Å². The molecule has 2 rings (SSSR count). The van der Waals surface area contributed by atoms with E-state index in [1.54, 1.807) is 0 Å². The van der Waals surface area contributed by atoms with E-state index < -0.39 is 0 Å². The summed E-state index contributed by atoms with van der Waals surface area (Å²) in [5, 5.41) is 3.33. The zero-order valence-corrected chi connectivity index (χ0v) is 10.5. The third-order valence-corrected chi connectivity index (χ3v) is 3.36. The summed E-state index contributed by atoms with van der Waals surface area (Å²) in [7, 11) is 0. The van der Waals surface area contributed by atoms with Gasteiger partial charge in [-0.05, 0) is 25.5 Å². The molecule has 0 spiro atoms. The zero-order chi connectivity index (χ0) is 11.4. The second-order valence-corrected chi connectivity index (χ2v) is 5.19. The maximum atomic E-state index is 4.31.